The van der Waals surface area contributed by atoms with E-state index in [0.717, 1.165) is 16.7 Å². The number of amides is 4. The van der Waals surface area contributed by atoms with Crippen LogP contribution in [0.1, 0.15) is 82.6 Å². The molecule has 4 amide bonds. The molecule has 3 aromatic rings. The van der Waals surface area contributed by atoms with Crippen LogP contribution in [0.3, 0.4) is 0 Å². The summed E-state index contributed by atoms with van der Waals surface area (Å²) in [7, 11) is 6.09. The molecule has 0 fully saturated rings. The zero-order valence-corrected chi connectivity index (χ0v) is 37.4. The number of ether oxygens (including phenoxy) is 4. The van der Waals surface area contributed by atoms with Crippen molar-refractivity contribution in [1.82, 2.24) is 21.3 Å². The number of aliphatic hydroxyl groups is 1. The number of nitrogens with two attached hydrogens (primary N) is 1. The first-order valence-electron chi connectivity index (χ1n) is 21.1. The fourth-order valence-corrected chi connectivity index (χ4v) is 7.67. The molecule has 0 aliphatic heterocycles. The molecule has 338 valence electrons. The Bertz CT molecular complexity index is 2040. The second-order valence-corrected chi connectivity index (χ2v) is 16.6. The van der Waals surface area contributed by atoms with Crippen LogP contribution in [0.15, 0.2) is 60.7 Å². The summed E-state index contributed by atoms with van der Waals surface area (Å²) in [5.74, 6) is -0.530. The maximum atomic E-state index is 13.8. The summed E-state index contributed by atoms with van der Waals surface area (Å²) in [5, 5.41) is 33.0. The van der Waals surface area contributed by atoms with Crippen molar-refractivity contribution in [2.75, 3.05) is 28.4 Å². The first kappa shape index (κ1) is 48.9. The van der Waals surface area contributed by atoms with Crippen molar-refractivity contribution < 1.29 is 48.3 Å². The number of aliphatic hydroxyl groups excluding tert-OH is 1. The minimum Gasteiger partial charge on any atom is -0.504 e. The van der Waals surface area contributed by atoms with E-state index in [0.29, 0.717) is 53.4 Å². The predicted molar refractivity (Wildman–Crippen MR) is 237 cm³/mol. The lowest BCUT2D eigenvalue weighted by molar-refractivity contribution is -0.136. The summed E-state index contributed by atoms with van der Waals surface area (Å²) < 4.78 is 22.5. The maximum absolute atomic E-state index is 13.8. The average Bonchev–Trinajstić information content (AvgIpc) is 3.40. The second kappa shape index (κ2) is 22.9. The largest absolute Gasteiger partial charge is 0.504 e. The van der Waals surface area contributed by atoms with Gasteiger partial charge in [-0.15, -0.1) is 0 Å². The number of methoxy groups -OCH3 is 4. The standard InChI is InChI=1S/C47H65N5O10/c1-26(2)19-36(51-46(57)37(20-27(3)4)52-47(58)42(55)35(48)22-29-13-11-10-12-14-29)45(56)49-28(5)21-41(54)50-31-16-17-32-34(25-40(60-7)44(62-9)43(32)61-8)33(24-31)30-15-18-39(59-6)38(53)23-30/h10-15,18,23-28,31,35-37,42,53,55H,16-17,19-22,48H2,1-9H3,(H,49,56)(H,50,54)(H,51,57)(H,52,58). The Morgan fingerprint density at radius 2 is 1.35 bits per heavy atom. The summed E-state index contributed by atoms with van der Waals surface area (Å²) >= 11 is 0. The van der Waals surface area contributed by atoms with E-state index in [2.05, 4.69) is 21.3 Å². The summed E-state index contributed by atoms with van der Waals surface area (Å²) in [5.41, 5.74) is 10.0. The number of nitrogens with one attached hydrogen (secondary N) is 4. The van der Waals surface area contributed by atoms with E-state index in [9.17, 15) is 29.4 Å². The highest BCUT2D eigenvalue weighted by molar-refractivity contribution is 5.93. The number of fused-ring (bicyclic) bond motifs is 1. The molecule has 4 rings (SSSR count). The van der Waals surface area contributed by atoms with Crippen LogP contribution in [-0.2, 0) is 32.0 Å². The minimum atomic E-state index is -1.57. The lowest BCUT2D eigenvalue weighted by Crippen LogP contribution is -2.57. The van der Waals surface area contributed by atoms with Gasteiger partial charge in [0.1, 0.15) is 18.2 Å². The van der Waals surface area contributed by atoms with Crippen LogP contribution in [0.4, 0.5) is 0 Å². The Hall–Kier alpha value is -5.80. The highest BCUT2D eigenvalue weighted by Crippen LogP contribution is 2.47. The van der Waals surface area contributed by atoms with Crippen molar-refractivity contribution in [3.63, 3.8) is 0 Å². The van der Waals surface area contributed by atoms with Crippen molar-refractivity contribution in [3.8, 4) is 28.7 Å². The molecule has 15 heteroatoms. The van der Waals surface area contributed by atoms with Gasteiger partial charge >= 0.3 is 0 Å². The number of hydrogen-bond donors (Lipinski definition) is 7. The highest BCUT2D eigenvalue weighted by Gasteiger charge is 2.32. The van der Waals surface area contributed by atoms with Crippen LogP contribution in [0.5, 0.6) is 28.7 Å². The van der Waals surface area contributed by atoms with Gasteiger partial charge in [0.05, 0.1) is 28.4 Å². The number of carbonyl (C=O) groups excluding carboxylic acids is 4. The Morgan fingerprint density at radius 3 is 1.92 bits per heavy atom. The van der Waals surface area contributed by atoms with Gasteiger partial charge in [0, 0.05) is 30.1 Å². The molecule has 62 heavy (non-hydrogen) atoms. The Morgan fingerprint density at radius 1 is 0.758 bits per heavy atom. The Balaban J connectivity index is 1.47. The van der Waals surface area contributed by atoms with Crippen LogP contribution >= 0.6 is 0 Å². The molecule has 6 atom stereocenters. The molecule has 6 unspecified atom stereocenters. The van der Waals surface area contributed by atoms with Gasteiger partial charge in [-0.25, -0.2) is 0 Å². The molecule has 0 bridgehead atoms. The summed E-state index contributed by atoms with van der Waals surface area (Å²) in [6, 6.07) is 12.2. The van der Waals surface area contributed by atoms with Gasteiger partial charge in [-0.05, 0) is 91.3 Å². The number of carbonyl (C=O) groups is 4. The summed E-state index contributed by atoms with van der Waals surface area (Å²) in [6.07, 6.45) is 2.07. The third kappa shape index (κ3) is 13.1. The molecule has 15 nitrogen and oxygen atoms in total. The van der Waals surface area contributed by atoms with Crippen LogP contribution in [0.25, 0.3) is 5.57 Å². The third-order valence-corrected chi connectivity index (χ3v) is 10.7. The molecule has 0 saturated heterocycles. The van der Waals surface area contributed by atoms with Crippen molar-refractivity contribution in [3.05, 3.63) is 82.9 Å². The molecular formula is C47H65N5O10. The highest BCUT2D eigenvalue weighted by atomic mass is 16.5. The average molecular weight is 860 g/mol. The number of rotatable bonds is 21. The van der Waals surface area contributed by atoms with Crippen LogP contribution < -0.4 is 45.9 Å². The number of benzene rings is 3. The molecule has 8 N–H and O–H groups in total. The van der Waals surface area contributed by atoms with E-state index in [1.165, 1.54) is 21.3 Å². The van der Waals surface area contributed by atoms with E-state index in [1.807, 2.05) is 76.2 Å². The molecule has 3 aromatic carbocycles. The lowest BCUT2D eigenvalue weighted by atomic mass is 9.92. The quantitative estimate of drug-likeness (QED) is 0.0806. The summed E-state index contributed by atoms with van der Waals surface area (Å²) in [6.45, 7) is 9.34. The smallest absolute Gasteiger partial charge is 0.251 e. The zero-order valence-electron chi connectivity index (χ0n) is 37.4. The minimum absolute atomic E-state index is 0.00659. The van der Waals surface area contributed by atoms with Gasteiger partial charge in [-0.2, -0.15) is 0 Å². The van der Waals surface area contributed by atoms with Crippen molar-refractivity contribution in [1.29, 1.82) is 0 Å². The van der Waals surface area contributed by atoms with Crippen molar-refractivity contribution in [2.24, 2.45) is 17.6 Å². The molecule has 1 aliphatic carbocycles. The number of phenols is 1. The van der Waals surface area contributed by atoms with E-state index >= 15 is 0 Å². The molecule has 0 aromatic heterocycles. The van der Waals surface area contributed by atoms with E-state index in [1.54, 1.807) is 26.2 Å². The second-order valence-electron chi connectivity index (χ2n) is 16.6. The summed E-state index contributed by atoms with van der Waals surface area (Å²) in [4.78, 5) is 54.4. The van der Waals surface area contributed by atoms with Crippen LogP contribution in [0.2, 0.25) is 0 Å². The Labute approximate surface area is 365 Å². The fourth-order valence-electron chi connectivity index (χ4n) is 7.67. The van der Waals surface area contributed by atoms with Gasteiger partial charge in [-0.1, -0.05) is 70.2 Å². The molecule has 0 saturated carbocycles. The number of hydrogen-bond acceptors (Lipinski definition) is 11. The molecular weight excluding hydrogens is 795 g/mol. The van der Waals surface area contributed by atoms with Crippen LogP contribution in [0, 0.1) is 11.8 Å². The van der Waals surface area contributed by atoms with Crippen molar-refractivity contribution in [2.45, 2.75) is 109 Å². The van der Waals surface area contributed by atoms with E-state index < -0.39 is 54.0 Å². The van der Waals surface area contributed by atoms with E-state index in [-0.39, 0.29) is 42.8 Å². The molecule has 1 aliphatic rings. The zero-order chi connectivity index (χ0) is 45.7. The van der Waals surface area contributed by atoms with Gasteiger partial charge < -0.3 is 56.2 Å². The van der Waals surface area contributed by atoms with Gasteiger partial charge in [0.15, 0.2) is 23.0 Å². The SMILES string of the molecule is COc1ccc(C2=CC(NC(=O)CC(C)NC(=O)C(CC(C)C)NC(=O)C(CC(C)C)NC(=O)C(O)C(N)Cc3ccccc3)CCc3c2cc(OC)c(OC)c3OC)cc1O. The first-order valence-corrected chi connectivity index (χ1v) is 21.1. The van der Waals surface area contributed by atoms with Crippen LogP contribution in [-0.4, -0.2) is 98.6 Å². The normalized spacial score (nSPS) is 16.0. The fraction of sp³-hybridized carbons (Fsp3) is 0.489. The maximum Gasteiger partial charge on any atom is 0.251 e. The van der Waals surface area contributed by atoms with Gasteiger partial charge in [-0.3, -0.25) is 19.2 Å². The van der Waals surface area contributed by atoms with Gasteiger partial charge in [0.25, 0.3) is 5.91 Å². The predicted octanol–water partition coefficient (Wildman–Crippen LogP) is 4.18. The lowest BCUT2D eigenvalue weighted by Gasteiger charge is -2.27. The topological polar surface area (TPSA) is 220 Å². The molecule has 0 spiro atoms. The number of phenolic OH excluding ortho intramolecular Hbond substituents is 1. The monoisotopic (exact) mass is 859 g/mol. The molecule has 0 heterocycles. The third-order valence-electron chi connectivity index (χ3n) is 10.7. The van der Waals surface area contributed by atoms with Gasteiger partial charge in [0.2, 0.25) is 23.5 Å². The first-order chi connectivity index (χ1) is 29.5. The number of aromatic hydroxyl groups is 1. The van der Waals surface area contributed by atoms with Crippen molar-refractivity contribution >= 4 is 29.2 Å². The van der Waals surface area contributed by atoms with E-state index in [4.69, 9.17) is 24.7 Å². The molecule has 0 radical (unpaired) electrons. The Kier molecular flexibility index (Phi) is 18.0.